The lowest BCUT2D eigenvalue weighted by Crippen LogP contribution is -2.24. The number of furan rings is 1. The summed E-state index contributed by atoms with van der Waals surface area (Å²) >= 11 is 7.22. The Morgan fingerprint density at radius 1 is 1.00 bits per heavy atom. The number of hydrogen-bond donors (Lipinski definition) is 2. The highest BCUT2D eigenvalue weighted by molar-refractivity contribution is 7.99. The standard InChI is InChI=1S/C24H21ClN4O3S/c25-19-7-3-17(4-8-19)14-27-22(30)16-33-24-26-11-12-29(24)20-9-5-18(6-10-20)23(31)28-15-21-2-1-13-32-21/h1-13H,14-16H2,(H,27,30)(H,28,31). The topological polar surface area (TPSA) is 89.2 Å². The van der Waals surface area contributed by atoms with Gasteiger partial charge in [0, 0.05) is 35.2 Å². The Morgan fingerprint density at radius 2 is 1.79 bits per heavy atom. The SMILES string of the molecule is O=C(CSc1nccn1-c1ccc(C(=O)NCc2ccco2)cc1)NCc1ccc(Cl)cc1. The largest absolute Gasteiger partial charge is 0.467 e. The van der Waals surface area contributed by atoms with Crippen molar-refractivity contribution in [2.75, 3.05) is 5.75 Å². The van der Waals surface area contributed by atoms with Gasteiger partial charge < -0.3 is 15.1 Å². The van der Waals surface area contributed by atoms with Crippen molar-refractivity contribution >= 4 is 35.2 Å². The number of amides is 2. The average Bonchev–Trinajstić information content (AvgIpc) is 3.53. The predicted molar refractivity (Wildman–Crippen MR) is 127 cm³/mol. The molecule has 2 heterocycles. The molecule has 0 fully saturated rings. The second-order valence-electron chi connectivity index (χ2n) is 7.08. The first-order valence-electron chi connectivity index (χ1n) is 10.2. The molecule has 2 N–H and O–H groups in total. The average molecular weight is 481 g/mol. The van der Waals surface area contributed by atoms with Crippen LogP contribution in [0.1, 0.15) is 21.7 Å². The summed E-state index contributed by atoms with van der Waals surface area (Å²) in [5.41, 5.74) is 2.37. The van der Waals surface area contributed by atoms with Crippen molar-refractivity contribution in [3.8, 4) is 5.69 Å². The quantitative estimate of drug-likeness (QED) is 0.345. The number of carbonyl (C=O) groups excluding carboxylic acids is 2. The van der Waals surface area contributed by atoms with Gasteiger partial charge in [0.2, 0.25) is 5.91 Å². The molecule has 33 heavy (non-hydrogen) atoms. The molecular weight excluding hydrogens is 460 g/mol. The molecule has 2 aromatic heterocycles. The molecule has 0 spiro atoms. The van der Waals surface area contributed by atoms with Crippen molar-refractivity contribution in [2.24, 2.45) is 0 Å². The molecule has 4 rings (SSSR count). The molecule has 0 saturated carbocycles. The normalized spacial score (nSPS) is 10.7. The van der Waals surface area contributed by atoms with Gasteiger partial charge in [0.15, 0.2) is 5.16 Å². The fraction of sp³-hybridized carbons (Fsp3) is 0.125. The second kappa shape index (κ2) is 10.9. The van der Waals surface area contributed by atoms with Crippen LogP contribution in [0.15, 0.2) is 88.9 Å². The Hall–Kier alpha value is -3.49. The minimum atomic E-state index is -0.185. The van der Waals surface area contributed by atoms with E-state index < -0.39 is 0 Å². The Labute approximate surface area is 200 Å². The first-order valence-corrected chi connectivity index (χ1v) is 11.5. The zero-order valence-corrected chi connectivity index (χ0v) is 19.1. The van der Waals surface area contributed by atoms with Crippen LogP contribution in [0.5, 0.6) is 0 Å². The summed E-state index contributed by atoms with van der Waals surface area (Å²) < 4.78 is 7.10. The van der Waals surface area contributed by atoms with E-state index in [9.17, 15) is 9.59 Å². The maximum Gasteiger partial charge on any atom is 0.251 e. The Bertz CT molecular complexity index is 1210. The van der Waals surface area contributed by atoms with Gasteiger partial charge in [-0.15, -0.1) is 0 Å². The number of nitrogens with one attached hydrogen (secondary N) is 2. The molecule has 2 aromatic carbocycles. The van der Waals surface area contributed by atoms with Gasteiger partial charge in [-0.2, -0.15) is 0 Å². The van der Waals surface area contributed by atoms with E-state index in [-0.39, 0.29) is 17.6 Å². The van der Waals surface area contributed by atoms with E-state index in [0.717, 1.165) is 11.3 Å². The first-order chi connectivity index (χ1) is 16.1. The zero-order chi connectivity index (χ0) is 23.0. The summed E-state index contributed by atoms with van der Waals surface area (Å²) in [7, 11) is 0. The van der Waals surface area contributed by atoms with Crippen LogP contribution in [0, 0.1) is 0 Å². The van der Waals surface area contributed by atoms with Gasteiger partial charge >= 0.3 is 0 Å². The number of thioether (sulfide) groups is 1. The molecule has 7 nitrogen and oxygen atoms in total. The van der Waals surface area contributed by atoms with E-state index in [1.807, 2.05) is 35.0 Å². The molecule has 0 aliphatic heterocycles. The van der Waals surface area contributed by atoms with Gasteiger partial charge in [-0.1, -0.05) is 35.5 Å². The second-order valence-corrected chi connectivity index (χ2v) is 8.46. The number of halogens is 1. The number of benzene rings is 2. The molecule has 0 unspecified atom stereocenters. The van der Waals surface area contributed by atoms with Crippen LogP contribution in [0.4, 0.5) is 0 Å². The number of rotatable bonds is 9. The number of carbonyl (C=O) groups is 2. The molecule has 0 aliphatic rings. The summed E-state index contributed by atoms with van der Waals surface area (Å²) in [6.07, 6.45) is 5.07. The first kappa shape index (κ1) is 22.7. The van der Waals surface area contributed by atoms with Gasteiger partial charge in [-0.3, -0.25) is 14.2 Å². The molecular formula is C24H21ClN4O3S. The minimum absolute atomic E-state index is 0.0897. The summed E-state index contributed by atoms with van der Waals surface area (Å²) in [6.45, 7) is 0.768. The van der Waals surface area contributed by atoms with Gasteiger partial charge in [0.25, 0.3) is 5.91 Å². The molecule has 2 amide bonds. The lowest BCUT2D eigenvalue weighted by atomic mass is 10.2. The van der Waals surface area contributed by atoms with Crippen LogP contribution < -0.4 is 10.6 Å². The Morgan fingerprint density at radius 3 is 2.52 bits per heavy atom. The molecule has 168 valence electrons. The molecule has 0 bridgehead atoms. The monoisotopic (exact) mass is 480 g/mol. The van der Waals surface area contributed by atoms with Gasteiger partial charge in [-0.25, -0.2) is 4.98 Å². The highest BCUT2D eigenvalue weighted by Gasteiger charge is 2.11. The lowest BCUT2D eigenvalue weighted by Gasteiger charge is -2.09. The summed E-state index contributed by atoms with van der Waals surface area (Å²) in [5, 5.41) is 7.06. The summed E-state index contributed by atoms with van der Waals surface area (Å²) in [5.74, 6) is 0.651. The maximum atomic E-state index is 12.3. The van der Waals surface area contributed by atoms with Gasteiger partial charge in [-0.05, 0) is 54.1 Å². The highest BCUT2D eigenvalue weighted by Crippen LogP contribution is 2.21. The van der Waals surface area contributed by atoms with Crippen LogP contribution in [0.2, 0.25) is 5.02 Å². The van der Waals surface area contributed by atoms with E-state index in [1.54, 1.807) is 48.9 Å². The van der Waals surface area contributed by atoms with Crippen molar-refractivity contribution in [3.63, 3.8) is 0 Å². The maximum absolute atomic E-state index is 12.3. The molecule has 0 aliphatic carbocycles. The fourth-order valence-electron chi connectivity index (χ4n) is 3.03. The van der Waals surface area contributed by atoms with Gasteiger partial charge in [0.1, 0.15) is 5.76 Å². The lowest BCUT2D eigenvalue weighted by molar-refractivity contribution is -0.118. The van der Waals surface area contributed by atoms with Crippen molar-refractivity contribution in [2.45, 2.75) is 18.2 Å². The zero-order valence-electron chi connectivity index (χ0n) is 17.5. The molecule has 0 atom stereocenters. The molecule has 0 radical (unpaired) electrons. The third kappa shape index (κ3) is 6.27. The molecule has 4 aromatic rings. The third-order valence-electron chi connectivity index (χ3n) is 4.75. The number of imidazole rings is 1. The van der Waals surface area contributed by atoms with E-state index in [4.69, 9.17) is 16.0 Å². The Balaban J connectivity index is 1.30. The van der Waals surface area contributed by atoms with E-state index >= 15 is 0 Å². The van der Waals surface area contributed by atoms with Crippen LogP contribution in [-0.4, -0.2) is 27.1 Å². The summed E-state index contributed by atoms with van der Waals surface area (Å²) in [4.78, 5) is 28.9. The molecule has 0 saturated heterocycles. The minimum Gasteiger partial charge on any atom is -0.467 e. The molecule has 9 heteroatoms. The van der Waals surface area contributed by atoms with Crippen molar-refractivity contribution in [1.82, 2.24) is 20.2 Å². The van der Waals surface area contributed by atoms with E-state index in [1.165, 1.54) is 11.8 Å². The van der Waals surface area contributed by atoms with Crippen molar-refractivity contribution in [3.05, 3.63) is 101 Å². The van der Waals surface area contributed by atoms with Crippen LogP contribution in [0.25, 0.3) is 5.69 Å². The number of aromatic nitrogens is 2. The van der Waals surface area contributed by atoms with E-state index in [0.29, 0.717) is 34.6 Å². The number of nitrogens with zero attached hydrogens (tertiary/aromatic N) is 2. The van der Waals surface area contributed by atoms with Crippen LogP contribution >= 0.6 is 23.4 Å². The fourth-order valence-corrected chi connectivity index (χ4v) is 3.96. The van der Waals surface area contributed by atoms with Crippen molar-refractivity contribution < 1.29 is 14.0 Å². The number of hydrogen-bond acceptors (Lipinski definition) is 5. The van der Waals surface area contributed by atoms with Gasteiger partial charge in [0.05, 0.1) is 18.6 Å². The Kier molecular flexibility index (Phi) is 7.49. The van der Waals surface area contributed by atoms with Crippen LogP contribution in [-0.2, 0) is 17.9 Å². The summed E-state index contributed by atoms with van der Waals surface area (Å²) in [6, 6.07) is 18.1. The predicted octanol–water partition coefficient (Wildman–Crippen LogP) is 4.46. The van der Waals surface area contributed by atoms with E-state index in [2.05, 4.69) is 15.6 Å². The third-order valence-corrected chi connectivity index (χ3v) is 5.97. The smallest absolute Gasteiger partial charge is 0.251 e. The highest BCUT2D eigenvalue weighted by atomic mass is 35.5. The van der Waals surface area contributed by atoms with Crippen LogP contribution in [0.3, 0.4) is 0 Å². The van der Waals surface area contributed by atoms with Crippen molar-refractivity contribution in [1.29, 1.82) is 0 Å².